The topological polar surface area (TPSA) is 131 Å². The number of ether oxygens (including phenoxy) is 1. The molecule has 1 saturated heterocycles. The molecule has 0 amide bonds. The number of aromatic nitrogens is 2. The molecule has 4 atom stereocenters. The number of aliphatic hydroxyl groups is 3. The highest BCUT2D eigenvalue weighted by atomic mass is 28.3. The van der Waals surface area contributed by atoms with Crippen LogP contribution in [0.2, 0.25) is 19.6 Å². The van der Waals surface area contributed by atoms with Gasteiger partial charge in [-0.2, -0.15) is 4.98 Å². The Hall–Kier alpha value is -1.70. The molecule has 0 unspecified atom stereocenters. The van der Waals surface area contributed by atoms with Crippen molar-refractivity contribution in [3.8, 4) is 11.5 Å². The number of hydrogen-bond donors (Lipinski definition) is 4. The Bertz CT molecular complexity index is 705. The van der Waals surface area contributed by atoms with Crippen molar-refractivity contribution in [1.29, 1.82) is 0 Å². The van der Waals surface area contributed by atoms with E-state index in [0.717, 1.165) is 4.57 Å². The Morgan fingerprint density at radius 2 is 2.13 bits per heavy atom. The molecule has 1 fully saturated rings. The van der Waals surface area contributed by atoms with Crippen LogP contribution < -0.4 is 11.4 Å². The summed E-state index contributed by atoms with van der Waals surface area (Å²) in [5.74, 6) is 2.83. The van der Waals surface area contributed by atoms with Gasteiger partial charge in [-0.25, -0.2) is 4.79 Å². The molecule has 0 radical (unpaired) electrons. The molecule has 0 spiro atoms. The number of hydrogen-bond acceptors (Lipinski definition) is 7. The molecule has 126 valence electrons. The molecule has 2 heterocycles. The van der Waals surface area contributed by atoms with Crippen molar-refractivity contribution in [2.45, 2.75) is 43.7 Å². The van der Waals surface area contributed by atoms with E-state index >= 15 is 0 Å². The monoisotopic (exact) mass is 339 g/mol. The zero-order valence-electron chi connectivity index (χ0n) is 13.2. The van der Waals surface area contributed by atoms with Crippen LogP contribution in [0.15, 0.2) is 17.1 Å². The highest BCUT2D eigenvalue weighted by Gasteiger charge is 2.55. The summed E-state index contributed by atoms with van der Waals surface area (Å²) in [4.78, 5) is 15.8. The van der Waals surface area contributed by atoms with E-state index in [2.05, 4.69) is 16.4 Å². The van der Waals surface area contributed by atoms with E-state index in [1.165, 1.54) is 12.3 Å². The first-order valence-corrected chi connectivity index (χ1v) is 10.7. The maximum atomic E-state index is 12.2. The lowest BCUT2D eigenvalue weighted by Gasteiger charge is -2.29. The molecule has 0 aliphatic carbocycles. The van der Waals surface area contributed by atoms with Gasteiger partial charge in [0.15, 0.2) is 0 Å². The standard InChI is InChI=1S/C14H21N3O5Si/c1-23(2,3)7-5-14(12(20)11(19)9(8-18)22-14)17-6-4-10(15)16-13(17)21/h4,6,9,11-12,18-20H,8H2,1-3H3,(H2,15,16,21)/t9-,11-,12-,14-/m1/s1. The summed E-state index contributed by atoms with van der Waals surface area (Å²) in [6.45, 7) is 5.43. The van der Waals surface area contributed by atoms with Gasteiger partial charge in [-0.1, -0.05) is 19.6 Å². The normalized spacial score (nSPS) is 30.8. The second kappa shape index (κ2) is 6.07. The van der Waals surface area contributed by atoms with Crippen LogP contribution in [0.5, 0.6) is 0 Å². The Morgan fingerprint density at radius 1 is 1.48 bits per heavy atom. The largest absolute Gasteiger partial charge is 0.394 e. The summed E-state index contributed by atoms with van der Waals surface area (Å²) in [6, 6.07) is 1.37. The lowest BCUT2D eigenvalue weighted by molar-refractivity contribution is -0.107. The first-order chi connectivity index (χ1) is 10.6. The van der Waals surface area contributed by atoms with E-state index in [4.69, 9.17) is 10.5 Å². The van der Waals surface area contributed by atoms with Crippen LogP contribution in [-0.4, -0.2) is 57.9 Å². The summed E-state index contributed by atoms with van der Waals surface area (Å²) < 4.78 is 6.61. The summed E-state index contributed by atoms with van der Waals surface area (Å²) >= 11 is 0. The van der Waals surface area contributed by atoms with E-state index in [0.29, 0.717) is 0 Å². The van der Waals surface area contributed by atoms with Crippen molar-refractivity contribution in [1.82, 2.24) is 9.55 Å². The summed E-state index contributed by atoms with van der Waals surface area (Å²) in [5.41, 5.74) is 5.94. The molecule has 0 saturated carbocycles. The van der Waals surface area contributed by atoms with Gasteiger partial charge in [0.2, 0.25) is 5.72 Å². The summed E-state index contributed by atoms with van der Waals surface area (Å²) in [6.07, 6.45) is -2.67. The van der Waals surface area contributed by atoms with E-state index < -0.39 is 44.4 Å². The number of nitrogen functional groups attached to an aromatic ring is 1. The van der Waals surface area contributed by atoms with Gasteiger partial charge in [-0.15, -0.1) is 5.54 Å². The van der Waals surface area contributed by atoms with Crippen LogP contribution in [0.3, 0.4) is 0 Å². The highest BCUT2D eigenvalue weighted by molar-refractivity contribution is 6.83. The van der Waals surface area contributed by atoms with E-state index in [-0.39, 0.29) is 5.82 Å². The second-order valence-electron chi connectivity index (χ2n) is 6.48. The first-order valence-electron chi connectivity index (χ1n) is 7.15. The highest BCUT2D eigenvalue weighted by Crippen LogP contribution is 2.34. The molecule has 8 nitrogen and oxygen atoms in total. The SMILES string of the molecule is C[Si](C)(C)C#C[C@@]1(n2ccc(N)nc2=O)O[C@H](CO)[C@@H](O)[C@H]1O. The lowest BCUT2D eigenvalue weighted by atomic mass is 10.0. The van der Waals surface area contributed by atoms with Crippen LogP contribution in [0.4, 0.5) is 5.82 Å². The fourth-order valence-corrected chi connectivity index (χ4v) is 2.81. The van der Waals surface area contributed by atoms with Crippen molar-refractivity contribution in [2.24, 2.45) is 0 Å². The molecule has 1 aromatic heterocycles. The van der Waals surface area contributed by atoms with Crippen LogP contribution in [0.25, 0.3) is 0 Å². The van der Waals surface area contributed by atoms with Crippen molar-refractivity contribution >= 4 is 13.9 Å². The van der Waals surface area contributed by atoms with Gasteiger partial charge in [0.05, 0.1) is 6.61 Å². The lowest BCUT2D eigenvalue weighted by Crippen LogP contribution is -2.50. The van der Waals surface area contributed by atoms with Crippen LogP contribution in [0.1, 0.15) is 0 Å². The van der Waals surface area contributed by atoms with Gasteiger partial charge < -0.3 is 25.8 Å². The smallest absolute Gasteiger partial charge is 0.352 e. The molecule has 9 heteroatoms. The average molecular weight is 339 g/mol. The summed E-state index contributed by atoms with van der Waals surface area (Å²) in [7, 11) is -1.87. The molecular weight excluding hydrogens is 318 g/mol. The molecule has 0 bridgehead atoms. The predicted molar refractivity (Wildman–Crippen MR) is 86.0 cm³/mol. The minimum atomic E-state index is -1.87. The van der Waals surface area contributed by atoms with E-state index in [1.807, 2.05) is 19.6 Å². The van der Waals surface area contributed by atoms with Crippen molar-refractivity contribution < 1.29 is 20.1 Å². The van der Waals surface area contributed by atoms with Crippen LogP contribution >= 0.6 is 0 Å². The van der Waals surface area contributed by atoms with E-state index in [1.54, 1.807) is 0 Å². The van der Waals surface area contributed by atoms with Gasteiger partial charge in [0.1, 0.15) is 32.2 Å². The Kier molecular flexibility index (Phi) is 4.65. The fourth-order valence-electron chi connectivity index (χ4n) is 2.26. The minimum Gasteiger partial charge on any atom is -0.394 e. The zero-order valence-corrected chi connectivity index (χ0v) is 14.2. The number of rotatable bonds is 2. The molecule has 1 aliphatic heterocycles. The number of nitrogens with zero attached hydrogens (tertiary/aromatic N) is 2. The molecule has 23 heavy (non-hydrogen) atoms. The maximum absolute atomic E-state index is 12.2. The summed E-state index contributed by atoms with van der Waals surface area (Å²) in [5, 5.41) is 29.9. The third-order valence-electron chi connectivity index (χ3n) is 3.42. The average Bonchev–Trinajstić information content (AvgIpc) is 2.70. The fraction of sp³-hybridized carbons (Fsp3) is 0.571. The molecule has 1 aromatic rings. The predicted octanol–water partition coefficient (Wildman–Crippen LogP) is -1.53. The Balaban J connectivity index is 2.66. The molecule has 5 N–H and O–H groups in total. The molecule has 2 rings (SSSR count). The number of anilines is 1. The molecule has 0 aromatic carbocycles. The molecular formula is C14H21N3O5Si. The minimum absolute atomic E-state index is 0.0197. The third kappa shape index (κ3) is 3.31. The number of aliphatic hydroxyl groups excluding tert-OH is 3. The number of nitrogens with two attached hydrogens (primary N) is 1. The van der Waals surface area contributed by atoms with Gasteiger partial charge in [0, 0.05) is 6.20 Å². The van der Waals surface area contributed by atoms with Crippen molar-refractivity contribution in [3.05, 3.63) is 22.7 Å². The third-order valence-corrected chi connectivity index (χ3v) is 4.29. The van der Waals surface area contributed by atoms with Crippen molar-refractivity contribution in [2.75, 3.05) is 12.3 Å². The quantitative estimate of drug-likeness (QED) is 0.380. The van der Waals surface area contributed by atoms with Gasteiger partial charge in [-0.05, 0) is 12.0 Å². The van der Waals surface area contributed by atoms with Crippen LogP contribution in [0, 0.1) is 11.5 Å². The second-order valence-corrected chi connectivity index (χ2v) is 11.2. The molecule has 1 aliphatic rings. The van der Waals surface area contributed by atoms with E-state index in [9.17, 15) is 20.1 Å². The van der Waals surface area contributed by atoms with Gasteiger partial charge >= 0.3 is 5.69 Å². The zero-order chi connectivity index (χ0) is 17.4. The van der Waals surface area contributed by atoms with Crippen molar-refractivity contribution in [3.63, 3.8) is 0 Å². The van der Waals surface area contributed by atoms with Gasteiger partial charge in [0.25, 0.3) is 0 Å². The van der Waals surface area contributed by atoms with Crippen LogP contribution in [-0.2, 0) is 10.5 Å². The van der Waals surface area contributed by atoms with Gasteiger partial charge in [-0.3, -0.25) is 4.57 Å². The Labute approximate surface area is 134 Å². The Morgan fingerprint density at radius 3 is 2.61 bits per heavy atom. The maximum Gasteiger partial charge on any atom is 0.352 e. The first kappa shape index (κ1) is 17.6.